The van der Waals surface area contributed by atoms with Crippen molar-refractivity contribution in [2.24, 2.45) is 0 Å². The van der Waals surface area contributed by atoms with Gasteiger partial charge in [-0.05, 0) is 26.7 Å². The van der Waals surface area contributed by atoms with Crippen LogP contribution in [0.1, 0.15) is 42.3 Å². The van der Waals surface area contributed by atoms with E-state index in [0.717, 1.165) is 75.1 Å². The molecule has 156 valence electrons. The summed E-state index contributed by atoms with van der Waals surface area (Å²) in [6.45, 7) is 9.47. The van der Waals surface area contributed by atoms with E-state index in [1.165, 1.54) is 6.33 Å². The number of morpholine rings is 1. The average molecular weight is 399 g/mol. The smallest absolute Gasteiger partial charge is 0.224 e. The van der Waals surface area contributed by atoms with Gasteiger partial charge < -0.3 is 14.5 Å². The van der Waals surface area contributed by atoms with Crippen molar-refractivity contribution in [3.05, 3.63) is 29.7 Å². The van der Waals surface area contributed by atoms with Gasteiger partial charge >= 0.3 is 0 Å². The summed E-state index contributed by atoms with van der Waals surface area (Å²) in [7, 11) is 0. The van der Waals surface area contributed by atoms with Crippen LogP contribution >= 0.6 is 0 Å². The van der Waals surface area contributed by atoms with Gasteiger partial charge in [0.25, 0.3) is 0 Å². The van der Waals surface area contributed by atoms with Gasteiger partial charge in [0.15, 0.2) is 0 Å². The second-order valence-corrected chi connectivity index (χ2v) is 7.78. The van der Waals surface area contributed by atoms with Crippen LogP contribution in [0.3, 0.4) is 0 Å². The number of amides is 1. The van der Waals surface area contributed by atoms with Gasteiger partial charge in [-0.25, -0.2) is 15.0 Å². The van der Waals surface area contributed by atoms with Gasteiger partial charge in [-0.15, -0.1) is 0 Å². The summed E-state index contributed by atoms with van der Waals surface area (Å²) < 4.78 is 7.18. The Labute approximate surface area is 171 Å². The van der Waals surface area contributed by atoms with Crippen molar-refractivity contribution in [3.63, 3.8) is 0 Å². The van der Waals surface area contributed by atoms with E-state index in [1.807, 2.05) is 4.90 Å². The molecule has 0 aromatic carbocycles. The summed E-state index contributed by atoms with van der Waals surface area (Å²) in [5.74, 6) is 2.44. The number of hydrogen-bond acceptors (Lipinski definition) is 7. The predicted molar refractivity (Wildman–Crippen MR) is 108 cm³/mol. The third kappa shape index (κ3) is 4.55. The van der Waals surface area contributed by atoms with Crippen molar-refractivity contribution in [2.45, 2.75) is 45.6 Å². The molecule has 2 aromatic rings. The summed E-state index contributed by atoms with van der Waals surface area (Å²) >= 11 is 0. The van der Waals surface area contributed by atoms with Gasteiger partial charge in [0.05, 0.1) is 19.8 Å². The summed E-state index contributed by atoms with van der Waals surface area (Å²) in [6, 6.07) is 0. The Balaban J connectivity index is 1.37. The molecule has 2 saturated heterocycles. The molecule has 0 aliphatic carbocycles. The van der Waals surface area contributed by atoms with E-state index in [-0.39, 0.29) is 5.91 Å². The van der Waals surface area contributed by atoms with Crippen molar-refractivity contribution in [2.75, 3.05) is 44.3 Å². The maximum Gasteiger partial charge on any atom is 0.224 e. The third-order valence-electron chi connectivity index (χ3n) is 5.93. The molecule has 9 nitrogen and oxygen atoms in total. The van der Waals surface area contributed by atoms with Gasteiger partial charge in [0.2, 0.25) is 5.91 Å². The normalized spacial score (nSPS) is 18.3. The van der Waals surface area contributed by atoms with E-state index in [4.69, 9.17) is 14.7 Å². The lowest BCUT2D eigenvalue weighted by molar-refractivity contribution is -0.132. The lowest BCUT2D eigenvalue weighted by Crippen LogP contribution is -2.39. The molecule has 0 atom stereocenters. The van der Waals surface area contributed by atoms with Crippen molar-refractivity contribution in [1.82, 2.24) is 29.6 Å². The number of rotatable bonds is 5. The minimum absolute atomic E-state index is 0.175. The molecule has 1 amide bonds. The Morgan fingerprint density at radius 3 is 2.59 bits per heavy atom. The first-order valence-corrected chi connectivity index (χ1v) is 10.4. The second kappa shape index (κ2) is 8.86. The highest BCUT2D eigenvalue weighted by Crippen LogP contribution is 2.29. The molecule has 2 aliphatic rings. The summed E-state index contributed by atoms with van der Waals surface area (Å²) in [4.78, 5) is 30.4. The Morgan fingerprint density at radius 2 is 1.90 bits per heavy atom. The fourth-order valence-electron chi connectivity index (χ4n) is 4.00. The molecule has 2 aromatic heterocycles. The van der Waals surface area contributed by atoms with E-state index >= 15 is 0 Å². The number of anilines is 1. The van der Waals surface area contributed by atoms with E-state index in [1.54, 1.807) is 11.0 Å². The Hall–Kier alpha value is -2.55. The number of carbonyl (C=O) groups excluding carboxylic acids is 1. The van der Waals surface area contributed by atoms with Gasteiger partial charge in [-0.3, -0.25) is 9.48 Å². The molecule has 2 fully saturated rings. The van der Waals surface area contributed by atoms with Crippen LogP contribution in [0.5, 0.6) is 0 Å². The molecule has 0 spiro atoms. The Bertz CT molecular complexity index is 826. The number of hydrogen-bond donors (Lipinski definition) is 0. The first kappa shape index (κ1) is 19.8. The quantitative estimate of drug-likeness (QED) is 0.749. The van der Waals surface area contributed by atoms with Crippen LogP contribution in [0.15, 0.2) is 12.7 Å². The number of piperidine rings is 1. The Kier molecular flexibility index (Phi) is 6.03. The predicted octanol–water partition coefficient (Wildman–Crippen LogP) is 1.32. The molecule has 0 unspecified atom stereocenters. The topological polar surface area (TPSA) is 89.3 Å². The van der Waals surface area contributed by atoms with Crippen molar-refractivity contribution in [1.29, 1.82) is 0 Å². The van der Waals surface area contributed by atoms with E-state index in [9.17, 15) is 4.79 Å². The minimum Gasteiger partial charge on any atom is -0.378 e. The molecule has 4 heterocycles. The van der Waals surface area contributed by atoms with Crippen LogP contribution in [0.2, 0.25) is 0 Å². The van der Waals surface area contributed by atoms with Crippen LogP contribution < -0.4 is 4.90 Å². The largest absolute Gasteiger partial charge is 0.378 e. The van der Waals surface area contributed by atoms with Gasteiger partial charge in [-0.1, -0.05) is 0 Å². The van der Waals surface area contributed by atoms with Crippen LogP contribution in [0, 0.1) is 13.8 Å². The number of nitrogens with zero attached hydrogens (tertiary/aromatic N) is 7. The highest BCUT2D eigenvalue weighted by molar-refractivity contribution is 5.76. The highest BCUT2D eigenvalue weighted by Gasteiger charge is 2.27. The molecule has 4 rings (SSSR count). The van der Waals surface area contributed by atoms with Crippen LogP contribution in [0.4, 0.5) is 5.82 Å². The minimum atomic E-state index is 0.175. The van der Waals surface area contributed by atoms with E-state index in [0.29, 0.717) is 18.9 Å². The standard InChI is InChI=1S/C20H29N7O2/c1-15-16(2)23-19(24-20(15)26-9-11-29-12-10-26)17-3-6-25(7-4-17)18(28)5-8-27-14-21-13-22-27/h13-14,17H,3-12H2,1-2H3. The summed E-state index contributed by atoms with van der Waals surface area (Å²) in [5.41, 5.74) is 2.19. The van der Waals surface area contributed by atoms with E-state index < -0.39 is 0 Å². The van der Waals surface area contributed by atoms with Crippen LogP contribution in [0.25, 0.3) is 0 Å². The molecule has 0 bridgehead atoms. The van der Waals surface area contributed by atoms with Crippen molar-refractivity contribution < 1.29 is 9.53 Å². The van der Waals surface area contributed by atoms with Crippen molar-refractivity contribution >= 4 is 11.7 Å². The number of aromatic nitrogens is 5. The Morgan fingerprint density at radius 1 is 1.14 bits per heavy atom. The fourth-order valence-corrected chi connectivity index (χ4v) is 4.00. The zero-order valence-corrected chi connectivity index (χ0v) is 17.3. The molecule has 29 heavy (non-hydrogen) atoms. The molecule has 0 saturated carbocycles. The first-order chi connectivity index (χ1) is 14.1. The molecule has 0 radical (unpaired) electrons. The fraction of sp³-hybridized carbons (Fsp3) is 0.650. The lowest BCUT2D eigenvalue weighted by atomic mass is 9.95. The lowest BCUT2D eigenvalue weighted by Gasteiger charge is -2.33. The maximum absolute atomic E-state index is 12.5. The third-order valence-corrected chi connectivity index (χ3v) is 5.93. The molecular formula is C20H29N7O2. The van der Waals surface area contributed by atoms with E-state index in [2.05, 4.69) is 28.8 Å². The van der Waals surface area contributed by atoms with Crippen LogP contribution in [-0.2, 0) is 16.1 Å². The maximum atomic E-state index is 12.5. The number of likely N-dealkylation sites (tertiary alicyclic amines) is 1. The number of aryl methyl sites for hydroxylation is 2. The zero-order chi connectivity index (χ0) is 20.2. The molecular weight excluding hydrogens is 370 g/mol. The number of carbonyl (C=O) groups is 1. The van der Waals surface area contributed by atoms with Gasteiger partial charge in [-0.2, -0.15) is 5.10 Å². The molecule has 0 N–H and O–H groups in total. The van der Waals surface area contributed by atoms with Crippen LogP contribution in [-0.4, -0.2) is 74.9 Å². The van der Waals surface area contributed by atoms with Gasteiger partial charge in [0.1, 0.15) is 24.3 Å². The van der Waals surface area contributed by atoms with Crippen molar-refractivity contribution in [3.8, 4) is 0 Å². The summed E-state index contributed by atoms with van der Waals surface area (Å²) in [5, 5.41) is 4.05. The summed E-state index contributed by atoms with van der Waals surface area (Å²) in [6.07, 6.45) is 5.39. The molecule has 9 heteroatoms. The highest BCUT2D eigenvalue weighted by atomic mass is 16.5. The molecule has 2 aliphatic heterocycles. The monoisotopic (exact) mass is 399 g/mol. The first-order valence-electron chi connectivity index (χ1n) is 10.4. The average Bonchev–Trinajstić information content (AvgIpc) is 3.28. The second-order valence-electron chi connectivity index (χ2n) is 7.78. The van der Waals surface area contributed by atoms with Gasteiger partial charge in [0, 0.05) is 49.8 Å². The zero-order valence-electron chi connectivity index (χ0n) is 17.3. The number of ether oxygens (including phenoxy) is 1. The SMILES string of the molecule is Cc1nc(C2CCN(C(=O)CCn3cncn3)CC2)nc(N2CCOCC2)c1C.